The molecule has 114 valence electrons. The molecule has 2 rings (SSSR count). The van der Waals surface area contributed by atoms with Crippen molar-refractivity contribution in [3.05, 3.63) is 47.8 Å². The average molecular weight is 288 g/mol. The van der Waals surface area contributed by atoms with Crippen molar-refractivity contribution in [2.24, 2.45) is 0 Å². The van der Waals surface area contributed by atoms with E-state index in [9.17, 15) is 5.11 Å². The minimum Gasteiger partial charge on any atom is -0.487 e. The predicted octanol–water partition coefficient (Wildman–Crippen LogP) is 3.88. The van der Waals surface area contributed by atoms with Crippen LogP contribution in [0.15, 0.2) is 36.5 Å². The zero-order valence-electron chi connectivity index (χ0n) is 13.0. The molecule has 1 aromatic heterocycles. The van der Waals surface area contributed by atoms with Crippen LogP contribution in [0.5, 0.6) is 5.75 Å². The van der Waals surface area contributed by atoms with Gasteiger partial charge in [-0.2, -0.15) is 5.10 Å². The molecule has 2 aromatic rings. The van der Waals surface area contributed by atoms with Crippen LogP contribution in [0.1, 0.15) is 57.0 Å². The van der Waals surface area contributed by atoms with Gasteiger partial charge in [0, 0.05) is 12.2 Å². The molecule has 0 saturated carbocycles. The molecule has 0 fully saturated rings. The summed E-state index contributed by atoms with van der Waals surface area (Å²) in [6.07, 6.45) is 3.37. The Labute approximate surface area is 126 Å². The van der Waals surface area contributed by atoms with Gasteiger partial charge in [0.05, 0.1) is 11.8 Å². The third-order valence-corrected chi connectivity index (χ3v) is 3.74. The van der Waals surface area contributed by atoms with E-state index in [0.29, 0.717) is 19.1 Å². The van der Waals surface area contributed by atoms with Crippen LogP contribution in [0.4, 0.5) is 0 Å². The largest absolute Gasteiger partial charge is 0.487 e. The molecule has 0 saturated heterocycles. The predicted molar refractivity (Wildman–Crippen MR) is 83.3 cm³/mol. The zero-order chi connectivity index (χ0) is 15.2. The summed E-state index contributed by atoms with van der Waals surface area (Å²) in [7, 11) is 0. The molecule has 0 aliphatic carbocycles. The third-order valence-electron chi connectivity index (χ3n) is 3.74. The standard InChI is InChI=1S/C17H24N2O2/c1-4-13(3)19-11-10-15(18-19)12-21-16-8-6-14(7-9-16)17(20)5-2/h6-11,13,17,20H,4-5,12H2,1-3H3/t13?,17-/m0/s1. The summed E-state index contributed by atoms with van der Waals surface area (Å²) in [5, 5.41) is 14.3. The summed E-state index contributed by atoms with van der Waals surface area (Å²) in [5.74, 6) is 0.792. The number of ether oxygens (including phenoxy) is 1. The molecule has 0 aliphatic rings. The molecule has 4 heteroatoms. The molecule has 0 radical (unpaired) electrons. The summed E-state index contributed by atoms with van der Waals surface area (Å²) >= 11 is 0. The number of nitrogens with zero attached hydrogens (tertiary/aromatic N) is 2. The zero-order valence-corrected chi connectivity index (χ0v) is 13.0. The second-order valence-corrected chi connectivity index (χ2v) is 5.33. The van der Waals surface area contributed by atoms with Gasteiger partial charge in [0.1, 0.15) is 12.4 Å². The number of benzene rings is 1. The normalized spacial score (nSPS) is 13.9. The minimum absolute atomic E-state index is 0.398. The van der Waals surface area contributed by atoms with E-state index in [1.165, 1.54) is 0 Å². The molecule has 0 amide bonds. The molecule has 4 nitrogen and oxygen atoms in total. The smallest absolute Gasteiger partial charge is 0.132 e. The Balaban J connectivity index is 1.92. The second-order valence-electron chi connectivity index (χ2n) is 5.33. The highest BCUT2D eigenvalue weighted by molar-refractivity contribution is 5.28. The first-order chi connectivity index (χ1) is 10.1. The van der Waals surface area contributed by atoms with E-state index in [4.69, 9.17) is 4.74 Å². The molecular formula is C17H24N2O2. The van der Waals surface area contributed by atoms with Crippen molar-refractivity contribution >= 4 is 0 Å². The fourth-order valence-electron chi connectivity index (χ4n) is 2.07. The Kier molecular flexibility index (Phi) is 5.39. The number of rotatable bonds is 7. The summed E-state index contributed by atoms with van der Waals surface area (Å²) in [6, 6.07) is 9.98. The van der Waals surface area contributed by atoms with Gasteiger partial charge in [-0.1, -0.05) is 26.0 Å². The van der Waals surface area contributed by atoms with Crippen LogP contribution in [0.25, 0.3) is 0 Å². The van der Waals surface area contributed by atoms with Crippen LogP contribution in [-0.2, 0) is 6.61 Å². The lowest BCUT2D eigenvalue weighted by Gasteiger charge is -2.10. The van der Waals surface area contributed by atoms with Crippen molar-refractivity contribution < 1.29 is 9.84 Å². The van der Waals surface area contributed by atoms with Gasteiger partial charge in [-0.25, -0.2) is 0 Å². The first kappa shape index (κ1) is 15.6. The van der Waals surface area contributed by atoms with Gasteiger partial charge in [-0.3, -0.25) is 4.68 Å². The first-order valence-electron chi connectivity index (χ1n) is 7.58. The van der Waals surface area contributed by atoms with E-state index in [-0.39, 0.29) is 0 Å². The topological polar surface area (TPSA) is 47.3 Å². The highest BCUT2D eigenvalue weighted by Gasteiger charge is 2.06. The van der Waals surface area contributed by atoms with Crippen LogP contribution < -0.4 is 4.74 Å². The quantitative estimate of drug-likeness (QED) is 0.841. The summed E-state index contributed by atoms with van der Waals surface area (Å²) in [5.41, 5.74) is 1.85. The summed E-state index contributed by atoms with van der Waals surface area (Å²) < 4.78 is 7.70. The Hall–Kier alpha value is -1.81. The molecule has 21 heavy (non-hydrogen) atoms. The van der Waals surface area contributed by atoms with Gasteiger partial charge in [0.15, 0.2) is 0 Å². The Morgan fingerprint density at radius 3 is 2.48 bits per heavy atom. The van der Waals surface area contributed by atoms with Gasteiger partial charge < -0.3 is 9.84 Å². The number of aliphatic hydroxyl groups excluding tert-OH is 1. The van der Waals surface area contributed by atoms with E-state index in [1.54, 1.807) is 0 Å². The highest BCUT2D eigenvalue weighted by Crippen LogP contribution is 2.20. The third kappa shape index (κ3) is 4.08. The van der Waals surface area contributed by atoms with Crippen molar-refractivity contribution in [2.75, 3.05) is 0 Å². The minimum atomic E-state index is -0.398. The van der Waals surface area contributed by atoms with Crippen molar-refractivity contribution in [1.29, 1.82) is 0 Å². The molecule has 1 N–H and O–H groups in total. The molecule has 1 aromatic carbocycles. The molecule has 0 spiro atoms. The van der Waals surface area contributed by atoms with Crippen LogP contribution >= 0.6 is 0 Å². The van der Waals surface area contributed by atoms with E-state index >= 15 is 0 Å². The Bertz CT molecular complexity index is 548. The summed E-state index contributed by atoms with van der Waals surface area (Å²) in [6.45, 7) is 6.71. The lowest BCUT2D eigenvalue weighted by Crippen LogP contribution is -2.05. The van der Waals surface area contributed by atoms with Crippen LogP contribution in [0, 0.1) is 0 Å². The Morgan fingerprint density at radius 1 is 1.14 bits per heavy atom. The lowest BCUT2D eigenvalue weighted by atomic mass is 10.1. The van der Waals surface area contributed by atoms with Crippen molar-refractivity contribution in [2.45, 2.75) is 52.4 Å². The van der Waals surface area contributed by atoms with Crippen LogP contribution in [0.3, 0.4) is 0 Å². The maximum atomic E-state index is 9.75. The van der Waals surface area contributed by atoms with Gasteiger partial charge in [0.2, 0.25) is 0 Å². The SMILES string of the molecule is CCC(C)n1ccc(COc2ccc([C@@H](O)CC)cc2)n1. The van der Waals surface area contributed by atoms with Crippen molar-refractivity contribution in [1.82, 2.24) is 9.78 Å². The van der Waals surface area contributed by atoms with E-state index in [0.717, 1.165) is 23.4 Å². The van der Waals surface area contributed by atoms with Crippen molar-refractivity contribution in [3.63, 3.8) is 0 Å². The van der Waals surface area contributed by atoms with Gasteiger partial charge in [-0.05, 0) is 43.5 Å². The maximum Gasteiger partial charge on any atom is 0.132 e. The van der Waals surface area contributed by atoms with E-state index in [1.807, 2.05) is 48.1 Å². The second kappa shape index (κ2) is 7.27. The molecule has 1 unspecified atom stereocenters. The lowest BCUT2D eigenvalue weighted by molar-refractivity contribution is 0.173. The van der Waals surface area contributed by atoms with Gasteiger partial charge in [0.25, 0.3) is 0 Å². The fourth-order valence-corrected chi connectivity index (χ4v) is 2.07. The number of aliphatic hydroxyl groups is 1. The maximum absolute atomic E-state index is 9.75. The summed E-state index contributed by atoms with van der Waals surface area (Å²) in [4.78, 5) is 0. The van der Waals surface area contributed by atoms with Crippen molar-refractivity contribution in [3.8, 4) is 5.75 Å². The number of hydrogen-bond donors (Lipinski definition) is 1. The molecule has 0 aliphatic heterocycles. The molecule has 1 heterocycles. The average Bonchev–Trinajstić information content (AvgIpc) is 3.01. The van der Waals surface area contributed by atoms with Crippen LogP contribution in [0.2, 0.25) is 0 Å². The molecule has 0 bridgehead atoms. The fraction of sp³-hybridized carbons (Fsp3) is 0.471. The molecule has 2 atom stereocenters. The molecular weight excluding hydrogens is 264 g/mol. The monoisotopic (exact) mass is 288 g/mol. The first-order valence-corrected chi connectivity index (χ1v) is 7.58. The number of hydrogen-bond acceptors (Lipinski definition) is 3. The van der Waals surface area contributed by atoms with Gasteiger partial charge in [-0.15, -0.1) is 0 Å². The van der Waals surface area contributed by atoms with Gasteiger partial charge >= 0.3 is 0 Å². The van der Waals surface area contributed by atoms with E-state index in [2.05, 4.69) is 18.9 Å². The number of aromatic nitrogens is 2. The highest BCUT2D eigenvalue weighted by atomic mass is 16.5. The Morgan fingerprint density at radius 2 is 1.86 bits per heavy atom. The van der Waals surface area contributed by atoms with E-state index < -0.39 is 6.10 Å². The van der Waals surface area contributed by atoms with Crippen LogP contribution in [-0.4, -0.2) is 14.9 Å².